The number of nitrogens with one attached hydrogen (secondary N) is 2. The summed E-state index contributed by atoms with van der Waals surface area (Å²) in [5.41, 5.74) is 4.47. The third-order valence-electron chi connectivity index (χ3n) is 6.52. The number of benzene rings is 2. The molecule has 2 amide bonds. The summed E-state index contributed by atoms with van der Waals surface area (Å²) in [7, 11) is 0. The first kappa shape index (κ1) is 25.3. The number of carbonyl (C=O) groups excluding carboxylic acids is 2. The van der Waals surface area contributed by atoms with Crippen molar-refractivity contribution in [1.82, 2.24) is 10.6 Å². The highest BCUT2D eigenvalue weighted by Crippen LogP contribution is 2.44. The lowest BCUT2D eigenvalue weighted by molar-refractivity contribution is -0.143. The lowest BCUT2D eigenvalue weighted by Gasteiger charge is -2.25. The normalized spacial score (nSPS) is 15.1. The molecular weight excluding hydrogens is 432 g/mol. The second-order valence-electron chi connectivity index (χ2n) is 9.34. The maximum Gasteiger partial charge on any atom is 0.407 e. The van der Waals surface area contributed by atoms with E-state index in [0.29, 0.717) is 6.42 Å². The zero-order valence-corrected chi connectivity index (χ0v) is 20.2. The van der Waals surface area contributed by atoms with E-state index in [-0.39, 0.29) is 24.4 Å². The van der Waals surface area contributed by atoms with Gasteiger partial charge in [-0.2, -0.15) is 0 Å². The van der Waals surface area contributed by atoms with Crippen LogP contribution in [0.5, 0.6) is 0 Å². The highest BCUT2D eigenvalue weighted by molar-refractivity contribution is 5.89. The van der Waals surface area contributed by atoms with Crippen molar-refractivity contribution in [3.05, 3.63) is 59.7 Å². The standard InChI is InChI=1S/C27H34N2O5/c1-5-17(4)14-23(25(30)29-24(16(2)3)26(31)32)28-27(33)34-15-22-20-12-8-6-10-18(20)19-11-7-9-13-21(19)22/h6-13,16-17,22-24H,5,14-15H2,1-4H3,(H,28,33)(H,29,30)(H,31,32)/t17?,23?,24-/m1/s1. The number of carbonyl (C=O) groups is 3. The second kappa shape index (κ2) is 11.2. The van der Waals surface area contributed by atoms with E-state index in [4.69, 9.17) is 4.74 Å². The highest BCUT2D eigenvalue weighted by atomic mass is 16.5. The number of carboxylic acid groups (broad SMARTS) is 1. The SMILES string of the molecule is CCC(C)CC(NC(=O)OCC1c2ccccc2-c2ccccc21)C(=O)N[C@@H](C(=O)O)C(C)C. The minimum absolute atomic E-state index is 0.0858. The second-order valence-corrected chi connectivity index (χ2v) is 9.34. The van der Waals surface area contributed by atoms with Crippen LogP contribution in [0.2, 0.25) is 0 Å². The summed E-state index contributed by atoms with van der Waals surface area (Å²) in [5, 5.41) is 14.7. The van der Waals surface area contributed by atoms with Crippen LogP contribution >= 0.6 is 0 Å². The summed E-state index contributed by atoms with van der Waals surface area (Å²) < 4.78 is 5.59. The number of fused-ring (bicyclic) bond motifs is 3. The fourth-order valence-corrected chi connectivity index (χ4v) is 4.35. The smallest absolute Gasteiger partial charge is 0.407 e. The molecule has 7 nitrogen and oxygen atoms in total. The molecule has 1 aliphatic carbocycles. The molecule has 3 rings (SSSR count). The van der Waals surface area contributed by atoms with Crippen molar-refractivity contribution in [2.75, 3.05) is 6.61 Å². The predicted molar refractivity (Wildman–Crippen MR) is 130 cm³/mol. The molecule has 0 bridgehead atoms. The number of rotatable bonds is 10. The van der Waals surface area contributed by atoms with E-state index < -0.39 is 30.1 Å². The first-order valence-electron chi connectivity index (χ1n) is 11.9. The topological polar surface area (TPSA) is 105 Å². The van der Waals surface area contributed by atoms with Gasteiger partial charge in [-0.05, 0) is 40.5 Å². The molecule has 2 aromatic carbocycles. The predicted octanol–water partition coefficient (Wildman–Crippen LogP) is 4.56. The molecule has 7 heteroatoms. The van der Waals surface area contributed by atoms with Gasteiger partial charge in [0.15, 0.2) is 0 Å². The van der Waals surface area contributed by atoms with E-state index in [1.807, 2.05) is 50.2 Å². The van der Waals surface area contributed by atoms with Crippen molar-refractivity contribution in [3.8, 4) is 11.1 Å². The fourth-order valence-electron chi connectivity index (χ4n) is 4.35. The molecule has 2 aromatic rings. The molecule has 0 aromatic heterocycles. The Morgan fingerprint density at radius 3 is 2.00 bits per heavy atom. The Morgan fingerprint density at radius 1 is 0.941 bits per heavy atom. The van der Waals surface area contributed by atoms with Gasteiger partial charge in [0.1, 0.15) is 18.7 Å². The van der Waals surface area contributed by atoms with Crippen molar-refractivity contribution in [2.45, 2.75) is 58.5 Å². The number of ether oxygens (including phenoxy) is 1. The van der Waals surface area contributed by atoms with Gasteiger partial charge in [0.2, 0.25) is 5.91 Å². The van der Waals surface area contributed by atoms with Gasteiger partial charge in [-0.25, -0.2) is 9.59 Å². The van der Waals surface area contributed by atoms with Crippen molar-refractivity contribution in [1.29, 1.82) is 0 Å². The van der Waals surface area contributed by atoms with Crippen LogP contribution in [0.3, 0.4) is 0 Å². The summed E-state index contributed by atoms with van der Waals surface area (Å²) in [6.07, 6.45) is 0.515. The average molecular weight is 467 g/mol. The first-order valence-corrected chi connectivity index (χ1v) is 11.9. The summed E-state index contributed by atoms with van der Waals surface area (Å²) in [6.45, 7) is 7.57. The summed E-state index contributed by atoms with van der Waals surface area (Å²) >= 11 is 0. The van der Waals surface area contributed by atoms with Crippen LogP contribution < -0.4 is 10.6 Å². The fraction of sp³-hybridized carbons (Fsp3) is 0.444. The van der Waals surface area contributed by atoms with Gasteiger partial charge in [0.05, 0.1) is 0 Å². The lowest BCUT2D eigenvalue weighted by Crippen LogP contribution is -2.53. The molecule has 0 spiro atoms. The van der Waals surface area contributed by atoms with Crippen LogP contribution in [0.15, 0.2) is 48.5 Å². The van der Waals surface area contributed by atoms with E-state index >= 15 is 0 Å². The summed E-state index contributed by atoms with van der Waals surface area (Å²) in [6, 6.07) is 14.2. The van der Waals surface area contributed by atoms with Crippen molar-refractivity contribution in [2.24, 2.45) is 11.8 Å². The molecule has 0 saturated heterocycles. The molecule has 0 fully saturated rings. The van der Waals surface area contributed by atoms with Gasteiger partial charge in [-0.1, -0.05) is 82.6 Å². The quantitative estimate of drug-likeness (QED) is 0.476. The van der Waals surface area contributed by atoms with Crippen molar-refractivity contribution in [3.63, 3.8) is 0 Å². The van der Waals surface area contributed by atoms with Crippen LogP contribution in [-0.4, -0.2) is 41.8 Å². The molecule has 0 aliphatic heterocycles. The zero-order chi connectivity index (χ0) is 24.8. The average Bonchev–Trinajstić information content (AvgIpc) is 3.13. The molecular formula is C27H34N2O5. The molecule has 0 radical (unpaired) electrons. The Hall–Kier alpha value is -3.35. The number of hydrogen-bond donors (Lipinski definition) is 3. The van der Waals surface area contributed by atoms with E-state index in [1.165, 1.54) is 0 Å². The minimum atomic E-state index is -1.10. The van der Waals surface area contributed by atoms with Crippen molar-refractivity contribution < 1.29 is 24.2 Å². The Kier molecular flexibility index (Phi) is 8.31. The molecule has 3 N–H and O–H groups in total. The van der Waals surface area contributed by atoms with Gasteiger partial charge >= 0.3 is 12.1 Å². The van der Waals surface area contributed by atoms with Gasteiger partial charge in [-0.15, -0.1) is 0 Å². The minimum Gasteiger partial charge on any atom is -0.480 e. The number of aliphatic carboxylic acids is 1. The molecule has 3 atom stereocenters. The van der Waals surface area contributed by atoms with E-state index in [0.717, 1.165) is 28.7 Å². The Balaban J connectivity index is 1.69. The third kappa shape index (κ3) is 5.76. The third-order valence-corrected chi connectivity index (χ3v) is 6.52. The van der Waals surface area contributed by atoms with E-state index in [1.54, 1.807) is 13.8 Å². The molecule has 182 valence electrons. The van der Waals surface area contributed by atoms with Crippen LogP contribution in [0, 0.1) is 11.8 Å². The molecule has 0 heterocycles. The molecule has 0 saturated carbocycles. The lowest BCUT2D eigenvalue weighted by atomic mass is 9.97. The van der Waals surface area contributed by atoms with Crippen LogP contribution in [0.25, 0.3) is 11.1 Å². The first-order chi connectivity index (χ1) is 16.2. The number of carboxylic acids is 1. The van der Waals surface area contributed by atoms with Gasteiger partial charge in [-0.3, -0.25) is 4.79 Å². The molecule has 34 heavy (non-hydrogen) atoms. The number of amides is 2. The number of alkyl carbamates (subject to hydrolysis) is 1. The van der Waals surface area contributed by atoms with Gasteiger partial charge in [0, 0.05) is 5.92 Å². The Bertz CT molecular complexity index is 990. The monoisotopic (exact) mass is 466 g/mol. The van der Waals surface area contributed by atoms with Crippen LogP contribution in [-0.2, 0) is 14.3 Å². The highest BCUT2D eigenvalue weighted by Gasteiger charge is 2.31. The van der Waals surface area contributed by atoms with E-state index in [9.17, 15) is 19.5 Å². The van der Waals surface area contributed by atoms with Gasteiger partial charge in [0.25, 0.3) is 0 Å². The molecule has 2 unspecified atom stereocenters. The zero-order valence-electron chi connectivity index (χ0n) is 20.2. The maximum atomic E-state index is 12.9. The van der Waals surface area contributed by atoms with Gasteiger partial charge < -0.3 is 20.5 Å². The van der Waals surface area contributed by atoms with Crippen LogP contribution in [0.1, 0.15) is 57.6 Å². The molecule has 1 aliphatic rings. The largest absolute Gasteiger partial charge is 0.480 e. The number of hydrogen-bond acceptors (Lipinski definition) is 4. The van der Waals surface area contributed by atoms with Crippen LogP contribution in [0.4, 0.5) is 4.79 Å². The van der Waals surface area contributed by atoms with E-state index in [2.05, 4.69) is 22.8 Å². The maximum absolute atomic E-state index is 12.9. The summed E-state index contributed by atoms with van der Waals surface area (Å²) in [4.78, 5) is 37.1. The van der Waals surface area contributed by atoms with Crippen molar-refractivity contribution >= 4 is 18.0 Å². The Morgan fingerprint density at radius 2 is 1.50 bits per heavy atom. The Labute approximate surface area is 200 Å². The summed E-state index contributed by atoms with van der Waals surface area (Å²) in [5.74, 6) is -1.84.